The highest BCUT2D eigenvalue weighted by atomic mass is 16.5. The number of hydrogen-bond acceptors (Lipinski definition) is 5. The summed E-state index contributed by atoms with van der Waals surface area (Å²) in [6.07, 6.45) is 1.71. The zero-order valence-electron chi connectivity index (χ0n) is 13.0. The van der Waals surface area contributed by atoms with Crippen LogP contribution in [0, 0.1) is 0 Å². The lowest BCUT2D eigenvalue weighted by molar-refractivity contribution is -0.136. The Balaban J connectivity index is 2.09. The molecule has 5 heteroatoms. The quantitative estimate of drug-likeness (QED) is 0.885. The number of aromatic nitrogens is 1. The van der Waals surface area contributed by atoms with Gasteiger partial charge in [0.05, 0.1) is 12.7 Å². The summed E-state index contributed by atoms with van der Waals surface area (Å²) in [6, 6.07) is 14.9. The molecule has 1 atom stereocenters. The highest BCUT2D eigenvalue weighted by molar-refractivity contribution is 6.02. The third-order valence-corrected chi connectivity index (χ3v) is 3.67. The molecule has 2 aromatic rings. The molecule has 0 saturated carbocycles. The van der Waals surface area contributed by atoms with Crippen molar-refractivity contribution in [2.24, 2.45) is 4.99 Å². The first-order valence-electron chi connectivity index (χ1n) is 7.31. The maximum absolute atomic E-state index is 12.2. The van der Waals surface area contributed by atoms with Crippen molar-refractivity contribution >= 4 is 11.8 Å². The summed E-state index contributed by atoms with van der Waals surface area (Å²) < 4.78 is 4.93. The zero-order chi connectivity index (χ0) is 16.2. The van der Waals surface area contributed by atoms with Gasteiger partial charge >= 0.3 is 5.97 Å². The molecule has 1 N–H and O–H groups in total. The van der Waals surface area contributed by atoms with Crippen LogP contribution < -0.4 is 5.32 Å². The van der Waals surface area contributed by atoms with Crippen LogP contribution >= 0.6 is 0 Å². The van der Waals surface area contributed by atoms with Crippen LogP contribution in [0.1, 0.15) is 24.2 Å². The van der Waals surface area contributed by atoms with Gasteiger partial charge in [0.15, 0.2) is 5.84 Å². The van der Waals surface area contributed by atoms with E-state index in [1.54, 1.807) is 6.20 Å². The van der Waals surface area contributed by atoms with Crippen molar-refractivity contribution in [1.29, 1.82) is 0 Å². The molecule has 0 saturated heterocycles. The fraction of sp³-hybridized carbons (Fsp3) is 0.167. The maximum Gasteiger partial charge on any atom is 0.338 e. The fourth-order valence-electron chi connectivity index (χ4n) is 2.56. The lowest BCUT2D eigenvalue weighted by Crippen LogP contribution is -2.33. The Hall–Kier alpha value is -2.95. The zero-order valence-corrected chi connectivity index (χ0v) is 13.0. The van der Waals surface area contributed by atoms with Gasteiger partial charge in [-0.05, 0) is 24.6 Å². The molecule has 0 amide bonds. The number of nitrogens with one attached hydrogen (secondary N) is 1. The van der Waals surface area contributed by atoms with E-state index in [1.807, 2.05) is 55.5 Å². The topological polar surface area (TPSA) is 63.6 Å². The Kier molecular flexibility index (Phi) is 4.19. The number of aliphatic imine (C=N–C) groups is 1. The number of methoxy groups -OCH3 is 1. The lowest BCUT2D eigenvalue weighted by Gasteiger charge is -2.25. The molecular weight excluding hydrogens is 290 g/mol. The molecular formula is C18H17N3O2. The minimum absolute atomic E-state index is 0.382. The molecule has 2 heterocycles. The molecule has 1 aromatic heterocycles. The smallest absolute Gasteiger partial charge is 0.338 e. The van der Waals surface area contributed by atoms with Crippen LogP contribution in [-0.4, -0.2) is 23.9 Å². The van der Waals surface area contributed by atoms with Gasteiger partial charge in [0.1, 0.15) is 11.7 Å². The molecule has 116 valence electrons. The van der Waals surface area contributed by atoms with Crippen LogP contribution in [-0.2, 0) is 9.53 Å². The molecule has 0 aliphatic carbocycles. The highest BCUT2D eigenvalue weighted by Gasteiger charge is 2.30. The van der Waals surface area contributed by atoms with Gasteiger partial charge in [-0.15, -0.1) is 0 Å². The van der Waals surface area contributed by atoms with Gasteiger partial charge in [0.2, 0.25) is 0 Å². The summed E-state index contributed by atoms with van der Waals surface area (Å²) in [5, 5.41) is 3.16. The normalized spacial score (nSPS) is 17.3. The number of ether oxygens (including phenoxy) is 1. The monoisotopic (exact) mass is 307 g/mol. The number of rotatable bonds is 3. The van der Waals surface area contributed by atoms with Crippen molar-refractivity contribution in [2.75, 3.05) is 7.11 Å². The van der Waals surface area contributed by atoms with Crippen LogP contribution in [0.3, 0.4) is 0 Å². The second-order valence-electron chi connectivity index (χ2n) is 5.16. The first kappa shape index (κ1) is 15.0. The van der Waals surface area contributed by atoms with E-state index in [0.29, 0.717) is 11.4 Å². The van der Waals surface area contributed by atoms with Crippen molar-refractivity contribution in [2.45, 2.75) is 13.0 Å². The minimum atomic E-state index is -0.415. The number of amidine groups is 1. The largest absolute Gasteiger partial charge is 0.466 e. The summed E-state index contributed by atoms with van der Waals surface area (Å²) in [6.45, 7) is 1.85. The molecule has 1 aliphatic heterocycles. The average Bonchev–Trinajstić information content (AvgIpc) is 2.62. The predicted molar refractivity (Wildman–Crippen MR) is 87.8 cm³/mol. The third kappa shape index (κ3) is 2.99. The molecule has 0 fully saturated rings. The summed E-state index contributed by atoms with van der Waals surface area (Å²) in [5.41, 5.74) is 2.90. The number of benzene rings is 1. The molecule has 0 spiro atoms. The second-order valence-corrected chi connectivity index (χ2v) is 5.16. The predicted octanol–water partition coefficient (Wildman–Crippen LogP) is 2.62. The number of carbonyl (C=O) groups excluding carboxylic acids is 1. The van der Waals surface area contributed by atoms with Crippen molar-refractivity contribution < 1.29 is 9.53 Å². The van der Waals surface area contributed by atoms with Gasteiger partial charge in [-0.2, -0.15) is 0 Å². The summed E-state index contributed by atoms with van der Waals surface area (Å²) in [4.78, 5) is 21.2. The van der Waals surface area contributed by atoms with Crippen molar-refractivity contribution in [1.82, 2.24) is 10.3 Å². The number of carbonyl (C=O) groups is 1. The number of nitrogens with zero attached hydrogens (tertiary/aromatic N) is 2. The second kappa shape index (κ2) is 6.44. The number of hydrogen-bond donors (Lipinski definition) is 1. The summed E-state index contributed by atoms with van der Waals surface area (Å²) in [5.74, 6) is 0.261. The van der Waals surface area contributed by atoms with Gasteiger partial charge in [-0.3, -0.25) is 9.98 Å². The third-order valence-electron chi connectivity index (χ3n) is 3.67. The molecule has 3 rings (SSSR count). The molecule has 1 aliphatic rings. The lowest BCUT2D eigenvalue weighted by atomic mass is 9.96. The maximum atomic E-state index is 12.2. The van der Waals surface area contributed by atoms with Crippen molar-refractivity contribution in [3.8, 4) is 0 Å². The van der Waals surface area contributed by atoms with Crippen LogP contribution in [0.2, 0.25) is 0 Å². The van der Waals surface area contributed by atoms with Crippen LogP contribution in [0.4, 0.5) is 0 Å². The first-order chi connectivity index (χ1) is 11.2. The minimum Gasteiger partial charge on any atom is -0.466 e. The standard InChI is InChI=1S/C18H17N3O2/c1-12-15(18(22)23-2)16(13-8-4-3-5-9-13)21-17(20-12)14-10-6-7-11-19-14/h3-11,16H,1-2H3,(H,20,21). The van der Waals surface area contributed by atoms with Gasteiger partial charge in [0.25, 0.3) is 0 Å². The van der Waals surface area contributed by atoms with E-state index in [0.717, 1.165) is 17.0 Å². The van der Waals surface area contributed by atoms with Crippen LogP contribution in [0.15, 0.2) is 71.0 Å². The Labute approximate surface area is 134 Å². The molecule has 1 aromatic carbocycles. The van der Waals surface area contributed by atoms with E-state index in [2.05, 4.69) is 10.3 Å². The Morgan fingerprint density at radius 3 is 2.52 bits per heavy atom. The SMILES string of the molecule is COC(=O)C1=C(C)NC(c2ccccn2)=NC1c1ccccc1. The van der Waals surface area contributed by atoms with E-state index in [4.69, 9.17) is 9.73 Å². The molecule has 1 unspecified atom stereocenters. The van der Waals surface area contributed by atoms with E-state index >= 15 is 0 Å². The fourth-order valence-corrected chi connectivity index (χ4v) is 2.56. The number of pyridine rings is 1. The highest BCUT2D eigenvalue weighted by Crippen LogP contribution is 2.31. The van der Waals surface area contributed by atoms with Crippen LogP contribution in [0.25, 0.3) is 0 Å². The van der Waals surface area contributed by atoms with E-state index in [1.165, 1.54) is 7.11 Å². The Morgan fingerprint density at radius 2 is 1.87 bits per heavy atom. The van der Waals surface area contributed by atoms with E-state index in [-0.39, 0.29) is 5.97 Å². The van der Waals surface area contributed by atoms with Crippen LogP contribution in [0.5, 0.6) is 0 Å². The molecule has 0 bridgehead atoms. The van der Waals surface area contributed by atoms with Gasteiger partial charge in [0, 0.05) is 11.9 Å². The molecule has 23 heavy (non-hydrogen) atoms. The number of esters is 1. The van der Waals surface area contributed by atoms with E-state index < -0.39 is 6.04 Å². The van der Waals surface area contributed by atoms with E-state index in [9.17, 15) is 4.79 Å². The Morgan fingerprint density at radius 1 is 1.13 bits per heavy atom. The van der Waals surface area contributed by atoms with Gasteiger partial charge in [-0.25, -0.2) is 4.79 Å². The van der Waals surface area contributed by atoms with Gasteiger partial charge < -0.3 is 10.1 Å². The van der Waals surface area contributed by atoms with Crippen molar-refractivity contribution in [3.05, 3.63) is 77.3 Å². The molecule has 5 nitrogen and oxygen atoms in total. The first-order valence-corrected chi connectivity index (χ1v) is 7.31. The van der Waals surface area contributed by atoms with Gasteiger partial charge in [-0.1, -0.05) is 36.4 Å². The summed E-state index contributed by atoms with van der Waals surface area (Å²) >= 11 is 0. The molecule has 0 radical (unpaired) electrons. The Bertz CT molecular complexity index is 767. The summed E-state index contributed by atoms with van der Waals surface area (Å²) in [7, 11) is 1.38. The number of allylic oxidation sites excluding steroid dienone is 1. The van der Waals surface area contributed by atoms with Crippen molar-refractivity contribution in [3.63, 3.8) is 0 Å². The average molecular weight is 307 g/mol.